The molecule has 1 heterocycles. The van der Waals surface area contributed by atoms with Crippen LogP contribution in [0.3, 0.4) is 0 Å². The molecule has 2 aromatic carbocycles. The van der Waals surface area contributed by atoms with Crippen LogP contribution in [0.5, 0.6) is 0 Å². The van der Waals surface area contributed by atoms with Gasteiger partial charge in [-0.1, -0.05) is 31.2 Å². The van der Waals surface area contributed by atoms with Gasteiger partial charge in [0.1, 0.15) is 5.82 Å². The Hall–Kier alpha value is -2.69. The minimum absolute atomic E-state index is 0.0862. The number of nitrogens with zero attached hydrogens (tertiary/aromatic N) is 1. The van der Waals surface area contributed by atoms with Crippen LogP contribution in [0.2, 0.25) is 0 Å². The van der Waals surface area contributed by atoms with Crippen molar-refractivity contribution in [2.45, 2.75) is 19.8 Å². The molecule has 0 radical (unpaired) electrons. The largest absolute Gasteiger partial charge is 0.323 e. The molecular formula is C19H19FN2O2. The summed E-state index contributed by atoms with van der Waals surface area (Å²) in [6.07, 6.45) is 1.02. The molecule has 1 fully saturated rings. The molecule has 2 amide bonds. The number of amides is 2. The molecule has 24 heavy (non-hydrogen) atoms. The quantitative estimate of drug-likeness (QED) is 0.936. The maximum absolute atomic E-state index is 13.6. The monoisotopic (exact) mass is 326 g/mol. The maximum Gasteiger partial charge on any atom is 0.229 e. The van der Waals surface area contributed by atoms with E-state index >= 15 is 0 Å². The van der Waals surface area contributed by atoms with Crippen molar-refractivity contribution in [3.63, 3.8) is 0 Å². The Bertz CT molecular complexity index is 775. The van der Waals surface area contributed by atoms with Crippen LogP contribution in [0.15, 0.2) is 48.5 Å². The zero-order chi connectivity index (χ0) is 17.1. The second-order valence-corrected chi connectivity index (χ2v) is 5.90. The summed E-state index contributed by atoms with van der Waals surface area (Å²) >= 11 is 0. The van der Waals surface area contributed by atoms with Gasteiger partial charge in [-0.25, -0.2) is 4.39 Å². The number of nitrogens with one attached hydrogen (secondary N) is 1. The lowest BCUT2D eigenvalue weighted by Crippen LogP contribution is -2.28. The van der Waals surface area contributed by atoms with Gasteiger partial charge in [0.15, 0.2) is 0 Å². The Morgan fingerprint density at radius 1 is 1.25 bits per heavy atom. The number of carbonyl (C=O) groups is 2. The fraction of sp³-hybridized carbons (Fsp3) is 0.263. The van der Waals surface area contributed by atoms with Crippen LogP contribution < -0.4 is 10.2 Å². The van der Waals surface area contributed by atoms with Gasteiger partial charge in [-0.3, -0.25) is 9.59 Å². The summed E-state index contributed by atoms with van der Waals surface area (Å²) in [6.45, 7) is 2.36. The smallest absolute Gasteiger partial charge is 0.229 e. The van der Waals surface area contributed by atoms with Crippen molar-refractivity contribution in [3.05, 3.63) is 59.9 Å². The van der Waals surface area contributed by atoms with Gasteiger partial charge in [-0.05, 0) is 36.2 Å². The summed E-state index contributed by atoms with van der Waals surface area (Å²) in [6, 6.07) is 13.8. The summed E-state index contributed by atoms with van der Waals surface area (Å²) in [5.41, 5.74) is 2.08. The van der Waals surface area contributed by atoms with E-state index in [1.165, 1.54) is 12.1 Å². The van der Waals surface area contributed by atoms with Crippen LogP contribution in [0.4, 0.5) is 15.8 Å². The van der Waals surface area contributed by atoms with Gasteiger partial charge in [0.2, 0.25) is 11.8 Å². The molecule has 4 nitrogen and oxygen atoms in total. The van der Waals surface area contributed by atoms with Crippen molar-refractivity contribution in [3.8, 4) is 0 Å². The molecule has 0 aliphatic carbocycles. The molecule has 1 unspecified atom stereocenters. The summed E-state index contributed by atoms with van der Waals surface area (Å²) < 4.78 is 13.6. The van der Waals surface area contributed by atoms with E-state index in [-0.39, 0.29) is 23.9 Å². The van der Waals surface area contributed by atoms with Crippen LogP contribution in [0, 0.1) is 11.7 Å². The fourth-order valence-electron chi connectivity index (χ4n) is 2.87. The van der Waals surface area contributed by atoms with Crippen LogP contribution in [-0.4, -0.2) is 18.4 Å². The topological polar surface area (TPSA) is 49.4 Å². The van der Waals surface area contributed by atoms with E-state index in [1.54, 1.807) is 17.0 Å². The van der Waals surface area contributed by atoms with Gasteiger partial charge in [0, 0.05) is 18.7 Å². The molecule has 5 heteroatoms. The second kappa shape index (κ2) is 6.83. The minimum Gasteiger partial charge on any atom is -0.323 e. The molecule has 0 bridgehead atoms. The number of hydrogen-bond donors (Lipinski definition) is 1. The molecule has 0 aromatic heterocycles. The molecular weight excluding hydrogens is 307 g/mol. The highest BCUT2D eigenvalue weighted by atomic mass is 19.1. The molecule has 1 N–H and O–H groups in total. The van der Waals surface area contributed by atoms with E-state index in [1.807, 2.05) is 24.3 Å². The predicted molar refractivity (Wildman–Crippen MR) is 91.3 cm³/mol. The first-order valence-electron chi connectivity index (χ1n) is 8.03. The number of para-hydroxylation sites is 1. The van der Waals surface area contributed by atoms with E-state index in [9.17, 15) is 14.0 Å². The maximum atomic E-state index is 13.6. The molecule has 3 rings (SSSR count). The number of hydrogen-bond acceptors (Lipinski definition) is 2. The third-order valence-corrected chi connectivity index (χ3v) is 4.26. The molecule has 0 spiro atoms. The van der Waals surface area contributed by atoms with Crippen molar-refractivity contribution >= 4 is 23.2 Å². The molecule has 1 atom stereocenters. The third kappa shape index (κ3) is 3.30. The van der Waals surface area contributed by atoms with Crippen LogP contribution in [0.1, 0.15) is 18.9 Å². The first kappa shape index (κ1) is 16.2. The third-order valence-electron chi connectivity index (χ3n) is 4.26. The summed E-state index contributed by atoms with van der Waals surface area (Å²) in [5, 5.41) is 2.57. The van der Waals surface area contributed by atoms with Crippen molar-refractivity contribution in [2.75, 3.05) is 16.8 Å². The Morgan fingerprint density at radius 3 is 2.79 bits per heavy atom. The fourth-order valence-corrected chi connectivity index (χ4v) is 2.87. The zero-order valence-electron chi connectivity index (χ0n) is 13.5. The highest BCUT2D eigenvalue weighted by Gasteiger charge is 2.35. The van der Waals surface area contributed by atoms with Crippen molar-refractivity contribution in [1.82, 2.24) is 0 Å². The lowest BCUT2D eigenvalue weighted by molar-refractivity contribution is -0.122. The number of rotatable bonds is 4. The van der Waals surface area contributed by atoms with Gasteiger partial charge >= 0.3 is 0 Å². The van der Waals surface area contributed by atoms with Gasteiger partial charge in [-0.15, -0.1) is 0 Å². The van der Waals surface area contributed by atoms with Gasteiger partial charge in [0.25, 0.3) is 0 Å². The Balaban J connectivity index is 1.72. The highest BCUT2D eigenvalue weighted by molar-refractivity contribution is 6.03. The van der Waals surface area contributed by atoms with Crippen molar-refractivity contribution in [2.24, 2.45) is 5.92 Å². The van der Waals surface area contributed by atoms with Gasteiger partial charge < -0.3 is 10.2 Å². The lowest BCUT2D eigenvalue weighted by atomic mass is 10.1. The molecule has 124 valence electrons. The molecule has 1 saturated heterocycles. The SMILES string of the molecule is CCc1cccc(N2CC(C(=O)Nc3ccccc3F)CC2=O)c1. The van der Waals surface area contributed by atoms with E-state index in [2.05, 4.69) is 12.2 Å². The summed E-state index contributed by atoms with van der Waals surface area (Å²) in [5.74, 6) is -1.38. The molecule has 1 aliphatic heterocycles. The van der Waals surface area contributed by atoms with E-state index < -0.39 is 11.7 Å². The summed E-state index contributed by atoms with van der Waals surface area (Å²) in [4.78, 5) is 26.3. The first-order chi connectivity index (χ1) is 11.6. The number of aryl methyl sites for hydroxylation is 1. The highest BCUT2D eigenvalue weighted by Crippen LogP contribution is 2.27. The van der Waals surface area contributed by atoms with E-state index in [4.69, 9.17) is 0 Å². The second-order valence-electron chi connectivity index (χ2n) is 5.90. The normalized spacial score (nSPS) is 17.2. The first-order valence-corrected chi connectivity index (χ1v) is 8.03. The van der Waals surface area contributed by atoms with Gasteiger partial charge in [-0.2, -0.15) is 0 Å². The standard InChI is InChI=1S/C19H19FN2O2/c1-2-13-6-5-7-15(10-13)22-12-14(11-18(22)23)19(24)21-17-9-4-3-8-16(17)20/h3-10,14H,2,11-12H2,1H3,(H,21,24). The molecule has 2 aromatic rings. The lowest BCUT2D eigenvalue weighted by Gasteiger charge is -2.17. The predicted octanol–water partition coefficient (Wildman–Crippen LogP) is 3.38. The average molecular weight is 326 g/mol. The van der Waals surface area contributed by atoms with Gasteiger partial charge in [0.05, 0.1) is 11.6 Å². The zero-order valence-corrected chi connectivity index (χ0v) is 13.5. The molecule has 0 saturated carbocycles. The number of anilines is 2. The Kier molecular flexibility index (Phi) is 4.60. The van der Waals surface area contributed by atoms with Crippen LogP contribution in [-0.2, 0) is 16.0 Å². The van der Waals surface area contributed by atoms with Crippen molar-refractivity contribution in [1.29, 1.82) is 0 Å². The van der Waals surface area contributed by atoms with E-state index in [0.717, 1.165) is 17.7 Å². The Morgan fingerprint density at radius 2 is 2.04 bits per heavy atom. The minimum atomic E-state index is -0.484. The average Bonchev–Trinajstić information content (AvgIpc) is 2.99. The number of halogens is 1. The Labute approximate surface area is 140 Å². The number of carbonyl (C=O) groups excluding carboxylic acids is 2. The van der Waals surface area contributed by atoms with E-state index in [0.29, 0.717) is 6.54 Å². The molecule has 1 aliphatic rings. The van der Waals surface area contributed by atoms with Crippen LogP contribution >= 0.6 is 0 Å². The number of benzene rings is 2. The van der Waals surface area contributed by atoms with Crippen LogP contribution in [0.25, 0.3) is 0 Å². The summed E-state index contributed by atoms with van der Waals surface area (Å²) in [7, 11) is 0. The van der Waals surface area contributed by atoms with Crippen molar-refractivity contribution < 1.29 is 14.0 Å².